The molecule has 2 aromatic heterocycles. The van der Waals surface area contributed by atoms with Crippen molar-refractivity contribution in [2.24, 2.45) is 5.11 Å². The van der Waals surface area contributed by atoms with Crippen LogP contribution in [0.3, 0.4) is 0 Å². The van der Waals surface area contributed by atoms with Crippen LogP contribution in [-0.4, -0.2) is 64.3 Å². The van der Waals surface area contributed by atoms with E-state index in [4.69, 9.17) is 9.95 Å². The van der Waals surface area contributed by atoms with Gasteiger partial charge in [0.1, 0.15) is 11.9 Å². The number of carbonyl (C=O) groups excluding carboxylic acids is 1. The van der Waals surface area contributed by atoms with Gasteiger partial charge in [0.2, 0.25) is 0 Å². The van der Waals surface area contributed by atoms with Gasteiger partial charge in [0, 0.05) is 44.6 Å². The summed E-state index contributed by atoms with van der Waals surface area (Å²) in [5, 5.41) is 35.4. The van der Waals surface area contributed by atoms with Gasteiger partial charge in [-0.25, -0.2) is 10.5 Å². The summed E-state index contributed by atoms with van der Waals surface area (Å²) in [6.07, 6.45) is 8.04. The molecular weight excluding hydrogens is 426 g/mol. The zero-order chi connectivity index (χ0) is 23.2. The number of likely N-dealkylation sites (tertiary alicyclic amines) is 1. The third-order valence-corrected chi connectivity index (χ3v) is 5.50. The number of aromatic nitrogens is 3. The fourth-order valence-electron chi connectivity index (χ4n) is 3.76. The van der Waals surface area contributed by atoms with Crippen LogP contribution in [0.25, 0.3) is 11.5 Å². The lowest BCUT2D eigenvalue weighted by atomic mass is 10.1. The Morgan fingerprint density at radius 1 is 1.39 bits per heavy atom. The Morgan fingerprint density at radius 3 is 2.94 bits per heavy atom. The number of carbonyl (C=O) groups is 1. The average Bonchev–Trinajstić information content (AvgIpc) is 3.43. The van der Waals surface area contributed by atoms with Gasteiger partial charge in [0.15, 0.2) is 6.19 Å². The molecule has 4 heterocycles. The number of anilines is 1. The normalized spacial score (nSPS) is 19.6. The van der Waals surface area contributed by atoms with E-state index in [1.54, 1.807) is 11.0 Å². The first-order valence-electron chi connectivity index (χ1n) is 10.3. The molecule has 2 fully saturated rings. The second-order valence-corrected chi connectivity index (χ2v) is 7.63. The first kappa shape index (κ1) is 21.7. The van der Waals surface area contributed by atoms with E-state index in [-0.39, 0.29) is 23.9 Å². The van der Waals surface area contributed by atoms with E-state index in [0.29, 0.717) is 36.5 Å². The minimum absolute atomic E-state index is 0.116. The average molecular weight is 447 g/mol. The van der Waals surface area contributed by atoms with Crippen molar-refractivity contribution in [3.63, 3.8) is 0 Å². The van der Waals surface area contributed by atoms with Gasteiger partial charge < -0.3 is 24.9 Å². The van der Waals surface area contributed by atoms with Crippen molar-refractivity contribution >= 4 is 11.7 Å². The van der Waals surface area contributed by atoms with Gasteiger partial charge in [-0.1, -0.05) is 0 Å². The molecule has 168 valence electrons. The molecule has 2 aliphatic heterocycles. The summed E-state index contributed by atoms with van der Waals surface area (Å²) in [6.45, 7) is 2.51. The number of hydrogen-bond acceptors (Lipinski definition) is 12. The molecule has 13 heteroatoms. The molecule has 2 atom stereocenters. The molecule has 1 amide bonds. The van der Waals surface area contributed by atoms with Gasteiger partial charge in [0.25, 0.3) is 5.89 Å². The van der Waals surface area contributed by atoms with Crippen molar-refractivity contribution < 1.29 is 9.21 Å². The summed E-state index contributed by atoms with van der Waals surface area (Å²) >= 11 is 0. The maximum absolute atomic E-state index is 12.7. The molecule has 0 aliphatic carbocycles. The monoisotopic (exact) mass is 447 g/mol. The molecule has 3 N–H and O–H groups in total. The van der Waals surface area contributed by atoms with E-state index in [0.717, 1.165) is 19.5 Å². The Bertz CT molecular complexity index is 1140. The van der Waals surface area contributed by atoms with Crippen LogP contribution in [-0.2, 0) is 0 Å². The second-order valence-electron chi connectivity index (χ2n) is 7.63. The molecule has 2 aliphatic rings. The number of hydrogen-bond donors (Lipinski definition) is 3. The highest BCUT2D eigenvalue weighted by Crippen LogP contribution is 2.31. The summed E-state index contributed by atoms with van der Waals surface area (Å²) < 4.78 is 5.63. The van der Waals surface area contributed by atoms with Crippen LogP contribution in [0.2, 0.25) is 0 Å². The third-order valence-electron chi connectivity index (χ3n) is 5.50. The number of nitrogens with one attached hydrogen (secondary N) is 3. The van der Waals surface area contributed by atoms with Crippen molar-refractivity contribution in [3.05, 3.63) is 36.1 Å². The van der Waals surface area contributed by atoms with Gasteiger partial charge in [-0.05, 0) is 18.9 Å². The lowest BCUT2D eigenvalue weighted by molar-refractivity contribution is 0.0904. The Labute approximate surface area is 189 Å². The van der Waals surface area contributed by atoms with E-state index in [1.165, 1.54) is 18.6 Å². The predicted molar refractivity (Wildman–Crippen MR) is 113 cm³/mol. The van der Waals surface area contributed by atoms with Gasteiger partial charge in [-0.3, -0.25) is 4.79 Å². The quantitative estimate of drug-likeness (QED) is 0.389. The molecule has 4 rings (SSSR count). The minimum atomic E-state index is -0.534. The molecule has 0 unspecified atom stereocenters. The van der Waals surface area contributed by atoms with Crippen LogP contribution in [0.1, 0.15) is 29.1 Å². The second kappa shape index (κ2) is 9.74. The highest BCUT2D eigenvalue weighted by atomic mass is 16.4. The lowest BCUT2D eigenvalue weighted by Gasteiger charge is -2.32. The summed E-state index contributed by atoms with van der Waals surface area (Å²) in [4.78, 5) is 20.7. The van der Waals surface area contributed by atoms with Crippen molar-refractivity contribution in [3.8, 4) is 23.7 Å². The SMILES string of the molecule is N#Cc1cnc(N2CCC2)c(-c2nnc(C(=O)N[C@@H]3C[C@@H](CN/C=C\N=N)N(C#N)C3)o2)c1. The predicted octanol–water partition coefficient (Wildman–Crippen LogP) is 0.959. The number of pyridine rings is 1. The Kier molecular flexibility index (Phi) is 6.40. The van der Waals surface area contributed by atoms with Crippen LogP contribution < -0.4 is 15.5 Å². The summed E-state index contributed by atoms with van der Waals surface area (Å²) in [6, 6.07) is 3.28. The first-order chi connectivity index (χ1) is 16.1. The van der Waals surface area contributed by atoms with Gasteiger partial charge >= 0.3 is 11.8 Å². The largest absolute Gasteiger partial charge is 0.412 e. The first-order valence-corrected chi connectivity index (χ1v) is 10.3. The fourth-order valence-corrected chi connectivity index (χ4v) is 3.76. The Balaban J connectivity index is 1.44. The van der Waals surface area contributed by atoms with E-state index < -0.39 is 5.91 Å². The number of nitrogens with zero attached hydrogens (tertiary/aromatic N) is 8. The molecule has 0 saturated carbocycles. The highest BCUT2D eigenvalue weighted by molar-refractivity contribution is 5.90. The van der Waals surface area contributed by atoms with Crippen LogP contribution in [0.15, 0.2) is 34.2 Å². The van der Waals surface area contributed by atoms with Crippen molar-refractivity contribution in [1.82, 2.24) is 30.7 Å². The van der Waals surface area contributed by atoms with E-state index >= 15 is 0 Å². The molecule has 33 heavy (non-hydrogen) atoms. The summed E-state index contributed by atoms with van der Waals surface area (Å²) in [7, 11) is 0. The van der Waals surface area contributed by atoms with Crippen molar-refractivity contribution in [2.75, 3.05) is 31.1 Å². The smallest absolute Gasteiger partial charge is 0.309 e. The maximum atomic E-state index is 12.7. The van der Waals surface area contributed by atoms with Crippen LogP contribution in [0.4, 0.5) is 5.82 Å². The zero-order valence-electron chi connectivity index (χ0n) is 17.6. The lowest BCUT2D eigenvalue weighted by Crippen LogP contribution is -2.38. The molecule has 0 radical (unpaired) electrons. The van der Waals surface area contributed by atoms with Gasteiger partial charge in [0.05, 0.1) is 23.4 Å². The van der Waals surface area contributed by atoms with E-state index in [1.807, 2.05) is 11.0 Å². The molecular formula is C20H21N11O2. The Hall–Kier alpha value is -4.52. The molecule has 0 spiro atoms. The summed E-state index contributed by atoms with van der Waals surface area (Å²) in [5.74, 6) is 0.0179. The van der Waals surface area contributed by atoms with Gasteiger partial charge in [-0.15, -0.1) is 10.2 Å². The van der Waals surface area contributed by atoms with E-state index in [2.05, 4.69) is 37.1 Å². The van der Waals surface area contributed by atoms with Gasteiger partial charge in [-0.2, -0.15) is 15.6 Å². The van der Waals surface area contributed by atoms with Crippen molar-refractivity contribution in [2.45, 2.75) is 24.9 Å². The number of nitriles is 2. The molecule has 2 saturated heterocycles. The topological polar surface area (TPSA) is 183 Å². The molecule has 0 bridgehead atoms. The molecule has 0 aromatic carbocycles. The van der Waals surface area contributed by atoms with Crippen LogP contribution in [0, 0.1) is 28.3 Å². The van der Waals surface area contributed by atoms with E-state index in [9.17, 15) is 15.3 Å². The number of amides is 1. The van der Waals surface area contributed by atoms with Crippen LogP contribution in [0.5, 0.6) is 0 Å². The van der Waals surface area contributed by atoms with Crippen molar-refractivity contribution in [1.29, 1.82) is 16.1 Å². The Morgan fingerprint density at radius 2 is 2.24 bits per heavy atom. The highest BCUT2D eigenvalue weighted by Gasteiger charge is 2.33. The van der Waals surface area contributed by atoms with Crippen LogP contribution >= 0.6 is 0 Å². The maximum Gasteiger partial charge on any atom is 0.309 e. The third kappa shape index (κ3) is 4.72. The summed E-state index contributed by atoms with van der Waals surface area (Å²) in [5.41, 5.74) is 7.59. The molecule has 2 aromatic rings. The standard InChI is InChI=1S/C20H21N11O2/c21-8-13-6-16(17(25-9-13)30-4-1-5-30)19-28-29-20(33-19)18(32)27-14-7-15(31(11-14)12-22)10-24-2-3-26-23/h2-3,6,9,14-15,23-24H,1,4-5,7,10-11H2,(H,27,32)/b3-2-,26-23?/t14-,15+/m1/s1. The fraction of sp³-hybridized carbons (Fsp3) is 0.400. The minimum Gasteiger partial charge on any atom is -0.412 e. The molecule has 13 nitrogen and oxygen atoms in total. The zero-order valence-corrected chi connectivity index (χ0v) is 17.6. The number of rotatable bonds is 8.